The fourth-order valence-corrected chi connectivity index (χ4v) is 1.34. The third kappa shape index (κ3) is 1.28. The van der Waals surface area contributed by atoms with E-state index in [1.165, 1.54) is 0 Å². The molecular formula is C10H10N2O. The molecule has 1 aromatic heterocycles. The van der Waals surface area contributed by atoms with Gasteiger partial charge in [0.2, 0.25) is 0 Å². The van der Waals surface area contributed by atoms with E-state index in [-0.39, 0.29) is 5.75 Å². The lowest BCUT2D eigenvalue weighted by Gasteiger charge is -1.98. The summed E-state index contributed by atoms with van der Waals surface area (Å²) in [6, 6.07) is 5.20. The van der Waals surface area contributed by atoms with Gasteiger partial charge in [-0.1, -0.05) is 6.08 Å². The van der Waals surface area contributed by atoms with Crippen molar-refractivity contribution in [3.63, 3.8) is 0 Å². The van der Waals surface area contributed by atoms with E-state index in [4.69, 9.17) is 0 Å². The van der Waals surface area contributed by atoms with E-state index in [0.717, 1.165) is 10.9 Å². The summed E-state index contributed by atoms with van der Waals surface area (Å²) in [4.78, 5) is 0. The average Bonchev–Trinajstić information content (AvgIpc) is 2.49. The van der Waals surface area contributed by atoms with Gasteiger partial charge in [0.1, 0.15) is 5.75 Å². The number of phenolic OH excluding ortho intramolecular Hbond substituents is 1. The molecule has 0 aliphatic rings. The minimum atomic E-state index is 0.269. The Hall–Kier alpha value is -1.77. The Morgan fingerprint density at radius 2 is 2.38 bits per heavy atom. The topological polar surface area (TPSA) is 38.0 Å². The van der Waals surface area contributed by atoms with E-state index in [1.807, 2.05) is 10.7 Å². The SMILES string of the molecule is C=CCn1ncc2cc(O)ccc21. The first-order chi connectivity index (χ1) is 6.31. The van der Waals surface area contributed by atoms with Crippen molar-refractivity contribution in [3.8, 4) is 5.75 Å². The van der Waals surface area contributed by atoms with Gasteiger partial charge in [-0.15, -0.1) is 6.58 Å². The maximum atomic E-state index is 9.21. The van der Waals surface area contributed by atoms with Gasteiger partial charge in [0.05, 0.1) is 18.3 Å². The molecule has 0 saturated heterocycles. The molecule has 0 amide bonds. The van der Waals surface area contributed by atoms with E-state index in [1.54, 1.807) is 24.4 Å². The quantitative estimate of drug-likeness (QED) is 0.706. The van der Waals surface area contributed by atoms with Crippen LogP contribution in [0.15, 0.2) is 37.1 Å². The number of nitrogens with zero attached hydrogens (tertiary/aromatic N) is 2. The molecule has 2 aromatic rings. The highest BCUT2D eigenvalue weighted by molar-refractivity contribution is 5.80. The Balaban J connectivity index is 2.61. The van der Waals surface area contributed by atoms with Crippen LogP contribution < -0.4 is 0 Å². The second kappa shape index (κ2) is 2.94. The highest BCUT2D eigenvalue weighted by Crippen LogP contribution is 2.19. The molecule has 1 aromatic carbocycles. The summed E-state index contributed by atoms with van der Waals surface area (Å²) in [7, 11) is 0. The molecule has 0 radical (unpaired) electrons. The van der Waals surface area contributed by atoms with Crippen LogP contribution in [0.25, 0.3) is 10.9 Å². The second-order valence-electron chi connectivity index (χ2n) is 2.86. The van der Waals surface area contributed by atoms with Crippen molar-refractivity contribution < 1.29 is 5.11 Å². The molecule has 1 heterocycles. The van der Waals surface area contributed by atoms with Gasteiger partial charge in [-0.3, -0.25) is 4.68 Å². The van der Waals surface area contributed by atoms with Crippen LogP contribution in [-0.4, -0.2) is 14.9 Å². The largest absolute Gasteiger partial charge is 0.508 e. The van der Waals surface area contributed by atoms with Gasteiger partial charge in [0.15, 0.2) is 0 Å². The first kappa shape index (κ1) is 7.86. The normalized spacial score (nSPS) is 10.5. The van der Waals surface area contributed by atoms with Gasteiger partial charge in [0, 0.05) is 5.39 Å². The molecule has 0 aliphatic carbocycles. The number of aromatic hydroxyl groups is 1. The number of hydrogen-bond donors (Lipinski definition) is 1. The molecule has 0 aliphatic heterocycles. The summed E-state index contributed by atoms with van der Waals surface area (Å²) in [5.74, 6) is 0.269. The first-order valence-corrected chi connectivity index (χ1v) is 4.06. The third-order valence-electron chi connectivity index (χ3n) is 1.93. The Kier molecular flexibility index (Phi) is 1.77. The molecule has 0 fully saturated rings. The van der Waals surface area contributed by atoms with Crippen molar-refractivity contribution in [1.82, 2.24) is 9.78 Å². The van der Waals surface area contributed by atoms with E-state index >= 15 is 0 Å². The summed E-state index contributed by atoms with van der Waals surface area (Å²) < 4.78 is 1.84. The van der Waals surface area contributed by atoms with Crippen molar-refractivity contribution in [1.29, 1.82) is 0 Å². The Bertz CT molecular complexity index is 445. The standard InChI is InChI=1S/C10H10N2O/c1-2-5-12-10-4-3-9(13)6-8(10)7-11-12/h2-4,6-7,13H,1,5H2. The van der Waals surface area contributed by atoms with Crippen LogP contribution in [0, 0.1) is 0 Å². The van der Waals surface area contributed by atoms with Gasteiger partial charge in [-0.25, -0.2) is 0 Å². The summed E-state index contributed by atoms with van der Waals surface area (Å²) in [6.07, 6.45) is 3.53. The molecular weight excluding hydrogens is 164 g/mol. The molecule has 3 heteroatoms. The fourth-order valence-electron chi connectivity index (χ4n) is 1.34. The predicted octanol–water partition coefficient (Wildman–Crippen LogP) is 1.93. The van der Waals surface area contributed by atoms with Gasteiger partial charge in [0.25, 0.3) is 0 Å². The lowest BCUT2D eigenvalue weighted by Crippen LogP contribution is -1.95. The number of fused-ring (bicyclic) bond motifs is 1. The molecule has 0 atom stereocenters. The minimum absolute atomic E-state index is 0.269. The first-order valence-electron chi connectivity index (χ1n) is 4.06. The van der Waals surface area contributed by atoms with E-state index < -0.39 is 0 Å². The lowest BCUT2D eigenvalue weighted by atomic mass is 10.2. The van der Waals surface area contributed by atoms with Gasteiger partial charge >= 0.3 is 0 Å². The molecule has 0 unspecified atom stereocenters. The number of hydrogen-bond acceptors (Lipinski definition) is 2. The summed E-state index contributed by atoms with van der Waals surface area (Å²) in [6.45, 7) is 4.34. The van der Waals surface area contributed by atoms with E-state index in [2.05, 4.69) is 11.7 Å². The van der Waals surface area contributed by atoms with Crippen LogP contribution in [0.4, 0.5) is 0 Å². The van der Waals surface area contributed by atoms with Crippen LogP contribution in [0.1, 0.15) is 0 Å². The lowest BCUT2D eigenvalue weighted by molar-refractivity contribution is 0.476. The van der Waals surface area contributed by atoms with Crippen LogP contribution in [0.5, 0.6) is 5.75 Å². The number of benzene rings is 1. The molecule has 0 bridgehead atoms. The molecule has 1 N–H and O–H groups in total. The molecule has 13 heavy (non-hydrogen) atoms. The fraction of sp³-hybridized carbons (Fsp3) is 0.100. The second-order valence-corrected chi connectivity index (χ2v) is 2.86. The zero-order chi connectivity index (χ0) is 9.26. The van der Waals surface area contributed by atoms with Gasteiger partial charge in [-0.2, -0.15) is 5.10 Å². The average molecular weight is 174 g/mol. The van der Waals surface area contributed by atoms with Crippen LogP contribution in [-0.2, 0) is 6.54 Å². The van der Waals surface area contributed by atoms with Crippen molar-refractivity contribution >= 4 is 10.9 Å². The summed E-state index contributed by atoms with van der Waals surface area (Å²) in [5, 5.41) is 14.3. The van der Waals surface area contributed by atoms with Crippen LogP contribution in [0.2, 0.25) is 0 Å². The molecule has 0 spiro atoms. The van der Waals surface area contributed by atoms with Crippen molar-refractivity contribution in [2.45, 2.75) is 6.54 Å². The summed E-state index contributed by atoms with van der Waals surface area (Å²) >= 11 is 0. The molecule has 3 nitrogen and oxygen atoms in total. The zero-order valence-corrected chi connectivity index (χ0v) is 7.14. The van der Waals surface area contributed by atoms with Crippen LogP contribution >= 0.6 is 0 Å². The Morgan fingerprint density at radius 3 is 3.15 bits per heavy atom. The van der Waals surface area contributed by atoms with Gasteiger partial charge < -0.3 is 5.11 Å². The molecule has 66 valence electrons. The highest BCUT2D eigenvalue weighted by Gasteiger charge is 2.00. The van der Waals surface area contributed by atoms with E-state index in [9.17, 15) is 5.11 Å². The Morgan fingerprint density at radius 1 is 1.54 bits per heavy atom. The maximum Gasteiger partial charge on any atom is 0.116 e. The third-order valence-corrected chi connectivity index (χ3v) is 1.93. The number of rotatable bonds is 2. The molecule has 2 rings (SSSR count). The maximum absolute atomic E-state index is 9.21. The number of aromatic nitrogens is 2. The summed E-state index contributed by atoms with van der Waals surface area (Å²) in [5.41, 5.74) is 1.01. The number of phenols is 1. The van der Waals surface area contributed by atoms with Crippen molar-refractivity contribution in [2.75, 3.05) is 0 Å². The smallest absolute Gasteiger partial charge is 0.116 e. The van der Waals surface area contributed by atoms with Crippen LogP contribution in [0.3, 0.4) is 0 Å². The van der Waals surface area contributed by atoms with Gasteiger partial charge in [-0.05, 0) is 18.2 Å². The number of allylic oxidation sites excluding steroid dienone is 1. The predicted molar refractivity (Wildman–Crippen MR) is 51.6 cm³/mol. The highest BCUT2D eigenvalue weighted by atomic mass is 16.3. The molecule has 0 saturated carbocycles. The Labute approximate surface area is 75.9 Å². The van der Waals surface area contributed by atoms with Crippen molar-refractivity contribution in [2.24, 2.45) is 0 Å². The zero-order valence-electron chi connectivity index (χ0n) is 7.14. The van der Waals surface area contributed by atoms with E-state index in [0.29, 0.717) is 6.54 Å². The monoisotopic (exact) mass is 174 g/mol. The van der Waals surface area contributed by atoms with Crippen molar-refractivity contribution in [3.05, 3.63) is 37.1 Å². The minimum Gasteiger partial charge on any atom is -0.508 e.